The highest BCUT2D eigenvalue weighted by Gasteiger charge is 2.06. The largest absolute Gasteiger partial charge is 0.323 e. The van der Waals surface area contributed by atoms with E-state index >= 15 is 0 Å². The fourth-order valence-corrected chi connectivity index (χ4v) is 2.66. The van der Waals surface area contributed by atoms with Crippen molar-refractivity contribution in [2.24, 2.45) is 7.05 Å². The maximum atomic E-state index is 12.0. The molecule has 0 bridgehead atoms. The van der Waals surface area contributed by atoms with Gasteiger partial charge in [0.2, 0.25) is 5.91 Å². The second kappa shape index (κ2) is 6.70. The number of hydrogen-bond donors (Lipinski definition) is 1. The molecule has 0 aliphatic carbocycles. The highest BCUT2D eigenvalue weighted by atomic mass is 16.1. The summed E-state index contributed by atoms with van der Waals surface area (Å²) in [7, 11) is 1.82. The summed E-state index contributed by atoms with van der Waals surface area (Å²) in [6.07, 6.45) is 4.56. The fourth-order valence-electron chi connectivity index (χ4n) is 2.66. The molecule has 1 aromatic carbocycles. The molecule has 6 heteroatoms. The standard InChI is InChI=1S/C18H21N5O/c1-13-10-14(2)23(21-13)17-7-4-15(5-8-17)6-9-18(24)20-16-11-19-22(3)12-16/h4-5,7-8,10-12H,6,9H2,1-3H3,(H,20,24). The van der Waals surface area contributed by atoms with Crippen molar-refractivity contribution in [3.05, 3.63) is 59.7 Å². The van der Waals surface area contributed by atoms with Crippen LogP contribution < -0.4 is 5.32 Å². The predicted molar refractivity (Wildman–Crippen MR) is 93.2 cm³/mol. The molecule has 0 saturated carbocycles. The zero-order valence-corrected chi connectivity index (χ0v) is 14.2. The molecular weight excluding hydrogens is 302 g/mol. The third-order valence-electron chi connectivity index (χ3n) is 3.82. The van der Waals surface area contributed by atoms with Gasteiger partial charge in [-0.15, -0.1) is 0 Å². The molecule has 3 rings (SSSR count). The number of carbonyl (C=O) groups is 1. The number of aromatic nitrogens is 4. The average molecular weight is 323 g/mol. The third kappa shape index (κ3) is 3.71. The van der Waals surface area contributed by atoms with E-state index in [1.54, 1.807) is 17.1 Å². The number of nitrogens with one attached hydrogen (secondary N) is 1. The molecule has 2 aromatic heterocycles. The normalized spacial score (nSPS) is 10.8. The first-order valence-electron chi connectivity index (χ1n) is 7.92. The number of rotatable bonds is 5. The van der Waals surface area contributed by atoms with Gasteiger partial charge in [0.15, 0.2) is 0 Å². The first kappa shape index (κ1) is 16.0. The van der Waals surface area contributed by atoms with E-state index in [1.165, 1.54) is 0 Å². The van der Waals surface area contributed by atoms with Gasteiger partial charge < -0.3 is 5.32 Å². The Morgan fingerprint density at radius 1 is 1.21 bits per heavy atom. The third-order valence-corrected chi connectivity index (χ3v) is 3.82. The monoisotopic (exact) mass is 323 g/mol. The number of hydrogen-bond acceptors (Lipinski definition) is 3. The van der Waals surface area contributed by atoms with Gasteiger partial charge in [-0.2, -0.15) is 10.2 Å². The Bertz CT molecular complexity index is 845. The smallest absolute Gasteiger partial charge is 0.224 e. The molecule has 0 unspecified atom stereocenters. The molecule has 1 amide bonds. The first-order chi connectivity index (χ1) is 11.5. The SMILES string of the molecule is Cc1cc(C)n(-c2ccc(CCC(=O)Nc3cnn(C)c3)cc2)n1. The van der Waals surface area contributed by atoms with Gasteiger partial charge in [0.1, 0.15) is 0 Å². The van der Waals surface area contributed by atoms with E-state index in [9.17, 15) is 4.79 Å². The molecule has 0 fully saturated rings. The Kier molecular flexibility index (Phi) is 4.46. The van der Waals surface area contributed by atoms with E-state index in [2.05, 4.69) is 21.6 Å². The predicted octanol–water partition coefficient (Wildman–Crippen LogP) is 2.79. The molecule has 3 aromatic rings. The number of amides is 1. The van der Waals surface area contributed by atoms with Crippen molar-refractivity contribution in [2.75, 3.05) is 5.32 Å². The summed E-state index contributed by atoms with van der Waals surface area (Å²) >= 11 is 0. The van der Waals surface area contributed by atoms with Crippen LogP contribution in [0.15, 0.2) is 42.7 Å². The lowest BCUT2D eigenvalue weighted by atomic mass is 10.1. The fraction of sp³-hybridized carbons (Fsp3) is 0.278. The lowest BCUT2D eigenvalue weighted by molar-refractivity contribution is -0.116. The number of nitrogens with zero attached hydrogens (tertiary/aromatic N) is 4. The van der Waals surface area contributed by atoms with Crippen molar-refractivity contribution in [3.63, 3.8) is 0 Å². The highest BCUT2D eigenvalue weighted by Crippen LogP contribution is 2.14. The zero-order chi connectivity index (χ0) is 17.1. The topological polar surface area (TPSA) is 64.7 Å². The van der Waals surface area contributed by atoms with Crippen LogP contribution in [0.1, 0.15) is 23.4 Å². The first-order valence-corrected chi connectivity index (χ1v) is 7.92. The number of benzene rings is 1. The van der Waals surface area contributed by atoms with Gasteiger partial charge in [-0.3, -0.25) is 9.48 Å². The van der Waals surface area contributed by atoms with Crippen molar-refractivity contribution in [1.82, 2.24) is 19.6 Å². The minimum absolute atomic E-state index is 0.00868. The highest BCUT2D eigenvalue weighted by molar-refractivity contribution is 5.90. The van der Waals surface area contributed by atoms with Crippen LogP contribution in [-0.2, 0) is 18.3 Å². The van der Waals surface area contributed by atoms with Crippen LogP contribution in [0.3, 0.4) is 0 Å². The maximum Gasteiger partial charge on any atom is 0.224 e. The Hall–Kier alpha value is -2.89. The maximum absolute atomic E-state index is 12.0. The summed E-state index contributed by atoms with van der Waals surface area (Å²) in [6.45, 7) is 4.02. The van der Waals surface area contributed by atoms with Gasteiger partial charge in [-0.1, -0.05) is 12.1 Å². The Labute approximate surface area is 141 Å². The van der Waals surface area contributed by atoms with Crippen molar-refractivity contribution in [2.45, 2.75) is 26.7 Å². The summed E-state index contributed by atoms with van der Waals surface area (Å²) in [4.78, 5) is 12.0. The lowest BCUT2D eigenvalue weighted by Crippen LogP contribution is -2.11. The number of carbonyl (C=O) groups excluding carboxylic acids is 1. The van der Waals surface area contributed by atoms with E-state index < -0.39 is 0 Å². The van der Waals surface area contributed by atoms with E-state index in [0.29, 0.717) is 12.8 Å². The molecule has 0 saturated heterocycles. The van der Waals surface area contributed by atoms with Gasteiger partial charge in [0.05, 0.1) is 23.3 Å². The molecule has 124 valence electrons. The summed E-state index contributed by atoms with van der Waals surface area (Å²) < 4.78 is 3.58. The van der Waals surface area contributed by atoms with Crippen molar-refractivity contribution < 1.29 is 4.79 Å². The van der Waals surface area contributed by atoms with Gasteiger partial charge in [-0.05, 0) is 44.0 Å². The van der Waals surface area contributed by atoms with Gasteiger partial charge in [-0.25, -0.2) is 4.68 Å². The van der Waals surface area contributed by atoms with Crippen molar-refractivity contribution in [1.29, 1.82) is 0 Å². The van der Waals surface area contributed by atoms with Crippen molar-refractivity contribution in [3.8, 4) is 5.69 Å². The van der Waals surface area contributed by atoms with E-state index in [4.69, 9.17) is 0 Å². The van der Waals surface area contributed by atoms with E-state index in [1.807, 2.05) is 49.8 Å². The molecule has 24 heavy (non-hydrogen) atoms. The van der Waals surface area contributed by atoms with Gasteiger partial charge in [0, 0.05) is 25.4 Å². The summed E-state index contributed by atoms with van der Waals surface area (Å²) in [5, 5.41) is 11.4. The molecule has 0 aliphatic heterocycles. The van der Waals surface area contributed by atoms with Crippen LogP contribution in [0.25, 0.3) is 5.69 Å². The van der Waals surface area contributed by atoms with E-state index in [-0.39, 0.29) is 5.91 Å². The Morgan fingerprint density at radius 3 is 2.54 bits per heavy atom. The molecule has 2 heterocycles. The van der Waals surface area contributed by atoms with Crippen LogP contribution in [0.2, 0.25) is 0 Å². The summed E-state index contributed by atoms with van der Waals surface area (Å²) in [5.74, 6) is -0.00868. The number of anilines is 1. The van der Waals surface area contributed by atoms with Gasteiger partial charge in [0.25, 0.3) is 0 Å². The average Bonchev–Trinajstić information content (AvgIpc) is 3.10. The summed E-state index contributed by atoms with van der Waals surface area (Å²) in [5.41, 5.74) is 4.99. The molecule has 0 spiro atoms. The minimum Gasteiger partial charge on any atom is -0.323 e. The Morgan fingerprint density at radius 2 is 1.96 bits per heavy atom. The number of aryl methyl sites for hydroxylation is 4. The van der Waals surface area contributed by atoms with Crippen LogP contribution in [-0.4, -0.2) is 25.5 Å². The second-order valence-corrected chi connectivity index (χ2v) is 5.96. The summed E-state index contributed by atoms with van der Waals surface area (Å²) in [6, 6.07) is 10.2. The zero-order valence-electron chi connectivity index (χ0n) is 14.2. The molecule has 0 aliphatic rings. The molecule has 1 N–H and O–H groups in total. The van der Waals surface area contributed by atoms with Crippen LogP contribution >= 0.6 is 0 Å². The quantitative estimate of drug-likeness (QED) is 0.785. The minimum atomic E-state index is -0.00868. The molecule has 0 radical (unpaired) electrons. The van der Waals surface area contributed by atoms with Crippen LogP contribution in [0.4, 0.5) is 5.69 Å². The molecular formula is C18H21N5O. The molecule has 0 atom stereocenters. The van der Waals surface area contributed by atoms with Gasteiger partial charge >= 0.3 is 0 Å². The Balaban J connectivity index is 1.58. The van der Waals surface area contributed by atoms with Crippen LogP contribution in [0.5, 0.6) is 0 Å². The van der Waals surface area contributed by atoms with E-state index in [0.717, 1.165) is 28.3 Å². The lowest BCUT2D eigenvalue weighted by Gasteiger charge is -2.06. The second-order valence-electron chi connectivity index (χ2n) is 5.96. The van der Waals surface area contributed by atoms with Crippen LogP contribution in [0, 0.1) is 13.8 Å². The molecule has 6 nitrogen and oxygen atoms in total. The van der Waals surface area contributed by atoms with Crippen molar-refractivity contribution >= 4 is 11.6 Å².